The number of piperazine rings is 1. The van der Waals surface area contributed by atoms with Crippen LogP contribution in [0, 0.1) is 13.8 Å². The van der Waals surface area contributed by atoms with Gasteiger partial charge in [-0.1, -0.05) is 5.16 Å². The average molecular weight is 274 g/mol. The third-order valence-electron chi connectivity index (χ3n) is 3.30. The number of aromatic nitrogens is 2. The van der Waals surface area contributed by atoms with Crippen LogP contribution in [0.25, 0.3) is 11.1 Å². The van der Waals surface area contributed by atoms with Crippen LogP contribution < -0.4 is 5.32 Å². The van der Waals surface area contributed by atoms with E-state index in [-0.39, 0.29) is 18.4 Å². The number of rotatable bonds is 1. The van der Waals surface area contributed by atoms with Crippen molar-refractivity contribution in [1.82, 2.24) is 20.4 Å². The van der Waals surface area contributed by atoms with Gasteiger partial charge in [0, 0.05) is 18.8 Å². The molecule has 104 valence electrons. The topological polar surface area (TPSA) is 88.3 Å². The number of pyridine rings is 1. The highest BCUT2D eigenvalue weighted by Crippen LogP contribution is 2.23. The molecule has 1 aliphatic rings. The number of nitrogens with zero attached hydrogens (tertiary/aromatic N) is 3. The number of nitrogens with one attached hydrogen (secondary N) is 1. The highest BCUT2D eigenvalue weighted by molar-refractivity contribution is 6.07. The molecule has 0 atom stereocenters. The molecule has 2 aromatic heterocycles. The maximum absolute atomic E-state index is 12.6. The van der Waals surface area contributed by atoms with Crippen LogP contribution in [-0.4, -0.2) is 46.5 Å². The SMILES string of the molecule is Cc1cc(C(=O)N2CCNC(=O)C2)c2c(C)noc2n1. The van der Waals surface area contributed by atoms with E-state index in [1.807, 2.05) is 0 Å². The predicted octanol–water partition coefficient (Wildman–Crippen LogP) is 0.412. The molecule has 1 fully saturated rings. The second kappa shape index (κ2) is 4.59. The lowest BCUT2D eigenvalue weighted by Gasteiger charge is -2.26. The van der Waals surface area contributed by atoms with Crippen LogP contribution in [-0.2, 0) is 4.79 Å². The van der Waals surface area contributed by atoms with Crippen LogP contribution in [0.2, 0.25) is 0 Å². The van der Waals surface area contributed by atoms with Crippen molar-refractivity contribution in [2.75, 3.05) is 19.6 Å². The van der Waals surface area contributed by atoms with Gasteiger partial charge in [0.25, 0.3) is 11.6 Å². The molecule has 1 N–H and O–H groups in total. The summed E-state index contributed by atoms with van der Waals surface area (Å²) >= 11 is 0. The number of amides is 2. The molecule has 0 radical (unpaired) electrons. The third-order valence-corrected chi connectivity index (χ3v) is 3.30. The number of aryl methyl sites for hydroxylation is 2. The molecule has 20 heavy (non-hydrogen) atoms. The Morgan fingerprint density at radius 3 is 3.00 bits per heavy atom. The summed E-state index contributed by atoms with van der Waals surface area (Å²) in [6.45, 7) is 4.60. The van der Waals surface area contributed by atoms with E-state index in [0.717, 1.165) is 0 Å². The molecule has 0 aliphatic carbocycles. The summed E-state index contributed by atoms with van der Waals surface area (Å²) < 4.78 is 5.12. The number of fused-ring (bicyclic) bond motifs is 1. The highest BCUT2D eigenvalue weighted by Gasteiger charge is 2.26. The Labute approximate surface area is 114 Å². The van der Waals surface area contributed by atoms with Crippen molar-refractivity contribution in [3.8, 4) is 0 Å². The van der Waals surface area contributed by atoms with E-state index < -0.39 is 0 Å². The minimum Gasteiger partial charge on any atom is -0.353 e. The molecule has 2 amide bonds. The van der Waals surface area contributed by atoms with Crippen molar-refractivity contribution in [3.63, 3.8) is 0 Å². The lowest BCUT2D eigenvalue weighted by atomic mass is 10.1. The van der Waals surface area contributed by atoms with Gasteiger partial charge in [0.1, 0.15) is 0 Å². The Morgan fingerprint density at radius 2 is 2.25 bits per heavy atom. The fourth-order valence-corrected chi connectivity index (χ4v) is 2.37. The predicted molar refractivity (Wildman–Crippen MR) is 70.2 cm³/mol. The van der Waals surface area contributed by atoms with Gasteiger partial charge in [-0.05, 0) is 19.9 Å². The first kappa shape index (κ1) is 12.6. The van der Waals surface area contributed by atoms with Gasteiger partial charge in [-0.25, -0.2) is 4.98 Å². The molecule has 0 bridgehead atoms. The minimum atomic E-state index is -0.193. The molecule has 0 spiro atoms. The van der Waals surface area contributed by atoms with E-state index >= 15 is 0 Å². The smallest absolute Gasteiger partial charge is 0.258 e. The van der Waals surface area contributed by atoms with Gasteiger partial charge in [-0.2, -0.15) is 0 Å². The fourth-order valence-electron chi connectivity index (χ4n) is 2.37. The quantitative estimate of drug-likeness (QED) is 0.813. The first-order valence-corrected chi connectivity index (χ1v) is 6.36. The van der Waals surface area contributed by atoms with E-state index in [1.54, 1.807) is 19.9 Å². The average Bonchev–Trinajstić information content (AvgIpc) is 2.78. The first-order valence-electron chi connectivity index (χ1n) is 6.36. The number of hydrogen-bond donors (Lipinski definition) is 1. The van der Waals surface area contributed by atoms with E-state index in [1.165, 1.54) is 4.90 Å². The maximum atomic E-state index is 12.6. The molecule has 3 heterocycles. The van der Waals surface area contributed by atoms with Crippen LogP contribution in [0.4, 0.5) is 0 Å². The Morgan fingerprint density at radius 1 is 1.45 bits per heavy atom. The van der Waals surface area contributed by atoms with Gasteiger partial charge < -0.3 is 14.7 Å². The zero-order valence-corrected chi connectivity index (χ0v) is 11.3. The Hall–Kier alpha value is -2.44. The summed E-state index contributed by atoms with van der Waals surface area (Å²) in [5, 5.41) is 7.17. The van der Waals surface area contributed by atoms with Crippen molar-refractivity contribution < 1.29 is 14.1 Å². The van der Waals surface area contributed by atoms with Gasteiger partial charge >= 0.3 is 0 Å². The Balaban J connectivity index is 2.06. The van der Waals surface area contributed by atoms with Crippen molar-refractivity contribution in [3.05, 3.63) is 23.0 Å². The van der Waals surface area contributed by atoms with Crippen molar-refractivity contribution in [2.45, 2.75) is 13.8 Å². The summed E-state index contributed by atoms with van der Waals surface area (Å²) in [4.78, 5) is 29.8. The van der Waals surface area contributed by atoms with Crippen LogP contribution in [0.5, 0.6) is 0 Å². The molecule has 0 saturated carbocycles. The summed E-state index contributed by atoms with van der Waals surface area (Å²) in [5.74, 6) is -0.338. The molecule has 7 nitrogen and oxygen atoms in total. The van der Waals surface area contributed by atoms with E-state index in [4.69, 9.17) is 4.52 Å². The number of carbonyl (C=O) groups excluding carboxylic acids is 2. The fraction of sp³-hybridized carbons (Fsp3) is 0.385. The number of hydrogen-bond acceptors (Lipinski definition) is 5. The zero-order chi connectivity index (χ0) is 14.3. The monoisotopic (exact) mass is 274 g/mol. The van der Waals surface area contributed by atoms with E-state index in [2.05, 4.69) is 15.5 Å². The maximum Gasteiger partial charge on any atom is 0.258 e. The van der Waals surface area contributed by atoms with Crippen LogP contribution in [0.15, 0.2) is 10.6 Å². The van der Waals surface area contributed by atoms with E-state index in [0.29, 0.717) is 41.1 Å². The first-order chi connectivity index (χ1) is 9.56. The van der Waals surface area contributed by atoms with Crippen LogP contribution in [0.3, 0.4) is 0 Å². The molecular weight excluding hydrogens is 260 g/mol. The van der Waals surface area contributed by atoms with Gasteiger partial charge in [-0.3, -0.25) is 9.59 Å². The van der Waals surface area contributed by atoms with Crippen molar-refractivity contribution >= 4 is 22.9 Å². The summed E-state index contributed by atoms with van der Waals surface area (Å²) in [6.07, 6.45) is 0. The molecule has 2 aromatic rings. The number of carbonyl (C=O) groups is 2. The van der Waals surface area contributed by atoms with E-state index in [9.17, 15) is 9.59 Å². The third kappa shape index (κ3) is 2.01. The van der Waals surface area contributed by atoms with Gasteiger partial charge in [0.05, 0.1) is 23.2 Å². The zero-order valence-electron chi connectivity index (χ0n) is 11.3. The standard InChI is InChI=1S/C13H14N4O3/c1-7-5-9(11-8(2)16-20-12(11)15-7)13(19)17-4-3-14-10(18)6-17/h5H,3-4,6H2,1-2H3,(H,14,18). The normalized spacial score (nSPS) is 15.5. The second-order valence-corrected chi connectivity index (χ2v) is 4.84. The molecule has 1 saturated heterocycles. The summed E-state index contributed by atoms with van der Waals surface area (Å²) in [5.41, 5.74) is 2.14. The minimum absolute atomic E-state index is 0.0754. The summed E-state index contributed by atoms with van der Waals surface area (Å²) in [7, 11) is 0. The molecule has 0 unspecified atom stereocenters. The Bertz CT molecular complexity index is 707. The molecular formula is C13H14N4O3. The van der Waals surface area contributed by atoms with Gasteiger partial charge in [0.15, 0.2) is 0 Å². The largest absolute Gasteiger partial charge is 0.353 e. The van der Waals surface area contributed by atoms with Crippen molar-refractivity contribution in [1.29, 1.82) is 0 Å². The Kier molecular flexibility index (Phi) is 2.89. The molecule has 1 aliphatic heterocycles. The van der Waals surface area contributed by atoms with Gasteiger partial charge in [0.2, 0.25) is 5.91 Å². The molecule has 0 aromatic carbocycles. The van der Waals surface area contributed by atoms with Gasteiger partial charge in [-0.15, -0.1) is 0 Å². The van der Waals surface area contributed by atoms with Crippen molar-refractivity contribution in [2.24, 2.45) is 0 Å². The summed E-state index contributed by atoms with van der Waals surface area (Å²) in [6, 6.07) is 1.71. The molecule has 3 rings (SSSR count). The lowest BCUT2D eigenvalue weighted by Crippen LogP contribution is -2.50. The highest BCUT2D eigenvalue weighted by atomic mass is 16.5. The molecule has 7 heteroatoms. The van der Waals surface area contributed by atoms with Crippen LogP contribution in [0.1, 0.15) is 21.7 Å². The van der Waals surface area contributed by atoms with Crippen LogP contribution >= 0.6 is 0 Å². The second-order valence-electron chi connectivity index (χ2n) is 4.84. The lowest BCUT2D eigenvalue weighted by molar-refractivity contribution is -0.123.